The van der Waals surface area contributed by atoms with Crippen molar-refractivity contribution in [3.63, 3.8) is 0 Å². The smallest absolute Gasteiger partial charge is 0.116 e. The maximum absolute atomic E-state index is 8.27. The summed E-state index contributed by atoms with van der Waals surface area (Å²) in [5, 5.41) is 8.27. The molecule has 0 aromatic rings. The number of hydrogen-bond acceptors (Lipinski definition) is 3. The molecule has 0 aliphatic carbocycles. The maximum atomic E-state index is 8.27. The molecule has 0 radical (unpaired) electrons. The van der Waals surface area contributed by atoms with Crippen LogP contribution in [0.3, 0.4) is 0 Å². The van der Waals surface area contributed by atoms with Crippen LogP contribution in [0.2, 0.25) is 0 Å². The van der Waals surface area contributed by atoms with Crippen molar-refractivity contribution in [2.75, 3.05) is 6.61 Å². The summed E-state index contributed by atoms with van der Waals surface area (Å²) in [5.74, 6) is 0. The van der Waals surface area contributed by atoms with E-state index in [4.69, 9.17) is 15.7 Å². The van der Waals surface area contributed by atoms with Gasteiger partial charge in [0.1, 0.15) is 6.04 Å². The second-order valence-electron chi connectivity index (χ2n) is 2.29. The molecule has 0 rings (SSSR count). The van der Waals surface area contributed by atoms with Crippen LogP contribution in [0.4, 0.5) is 0 Å². The highest BCUT2D eigenvalue weighted by molar-refractivity contribution is 4.85. The highest BCUT2D eigenvalue weighted by atomic mass is 16.5. The molecule has 0 aromatic carbocycles. The molecule has 0 aliphatic rings. The summed E-state index contributed by atoms with van der Waals surface area (Å²) in [6.07, 6.45) is 1.16. The number of ether oxygens (including phenoxy) is 1. The molecule has 0 spiro atoms. The van der Waals surface area contributed by atoms with E-state index in [0.717, 1.165) is 6.42 Å². The minimum Gasteiger partial charge on any atom is -0.376 e. The van der Waals surface area contributed by atoms with Gasteiger partial charge in [0.15, 0.2) is 0 Å². The van der Waals surface area contributed by atoms with Crippen molar-refractivity contribution in [3.05, 3.63) is 0 Å². The average Bonchev–Trinajstić information content (AvgIpc) is 1.99. The van der Waals surface area contributed by atoms with Crippen molar-refractivity contribution in [2.45, 2.75) is 32.4 Å². The number of nitriles is 1. The fraction of sp³-hybridized carbons (Fsp3) is 0.857. The van der Waals surface area contributed by atoms with Crippen molar-refractivity contribution in [3.8, 4) is 6.07 Å². The summed E-state index contributed by atoms with van der Waals surface area (Å²) in [5.41, 5.74) is 5.29. The lowest BCUT2D eigenvalue weighted by Crippen LogP contribution is -2.26. The molecule has 0 fully saturated rings. The van der Waals surface area contributed by atoms with E-state index in [9.17, 15) is 0 Å². The average molecular weight is 142 g/mol. The first-order valence-corrected chi connectivity index (χ1v) is 3.47. The number of nitrogens with zero attached hydrogens (tertiary/aromatic N) is 1. The lowest BCUT2D eigenvalue weighted by atomic mass is 10.3. The Labute approximate surface area is 61.8 Å². The first-order valence-electron chi connectivity index (χ1n) is 3.47. The van der Waals surface area contributed by atoms with Crippen LogP contribution in [0.15, 0.2) is 0 Å². The van der Waals surface area contributed by atoms with Gasteiger partial charge in [-0.1, -0.05) is 6.92 Å². The highest BCUT2D eigenvalue weighted by Crippen LogP contribution is 1.95. The molecule has 3 heteroatoms. The standard InChI is InChI=1S/C7H14N2O/c1-3-6(2)10-5-7(9)4-8/h6-7H,3,5,9H2,1-2H3. The molecule has 0 saturated carbocycles. The molecule has 58 valence electrons. The minimum atomic E-state index is -0.478. The van der Waals surface area contributed by atoms with E-state index in [1.54, 1.807) is 0 Å². The molecule has 3 nitrogen and oxygen atoms in total. The van der Waals surface area contributed by atoms with Gasteiger partial charge in [-0.05, 0) is 13.3 Å². The van der Waals surface area contributed by atoms with Gasteiger partial charge in [-0.3, -0.25) is 0 Å². The maximum Gasteiger partial charge on any atom is 0.116 e. The fourth-order valence-electron chi connectivity index (χ4n) is 0.423. The summed E-state index contributed by atoms with van der Waals surface area (Å²) < 4.78 is 5.20. The topological polar surface area (TPSA) is 59.0 Å². The van der Waals surface area contributed by atoms with Gasteiger partial charge >= 0.3 is 0 Å². The summed E-state index contributed by atoms with van der Waals surface area (Å²) in [7, 11) is 0. The summed E-state index contributed by atoms with van der Waals surface area (Å²) >= 11 is 0. The Hall–Kier alpha value is -0.590. The Morgan fingerprint density at radius 3 is 2.70 bits per heavy atom. The molecule has 0 aromatic heterocycles. The molecule has 0 aliphatic heterocycles. The first-order chi connectivity index (χ1) is 4.70. The van der Waals surface area contributed by atoms with Gasteiger partial charge in [-0.25, -0.2) is 0 Å². The second kappa shape index (κ2) is 5.21. The Kier molecular flexibility index (Phi) is 4.91. The molecule has 10 heavy (non-hydrogen) atoms. The van der Waals surface area contributed by atoms with Crippen molar-refractivity contribution >= 4 is 0 Å². The van der Waals surface area contributed by atoms with Gasteiger partial charge < -0.3 is 10.5 Å². The molecule has 2 unspecified atom stereocenters. The Morgan fingerprint density at radius 2 is 2.30 bits per heavy atom. The van der Waals surface area contributed by atoms with Crippen LogP contribution >= 0.6 is 0 Å². The van der Waals surface area contributed by atoms with E-state index in [1.807, 2.05) is 19.9 Å². The lowest BCUT2D eigenvalue weighted by molar-refractivity contribution is 0.0613. The Morgan fingerprint density at radius 1 is 1.70 bits per heavy atom. The first kappa shape index (κ1) is 9.41. The minimum absolute atomic E-state index is 0.208. The summed E-state index contributed by atoms with van der Waals surface area (Å²) in [4.78, 5) is 0. The van der Waals surface area contributed by atoms with Crippen molar-refractivity contribution in [1.29, 1.82) is 5.26 Å². The molecule has 0 saturated heterocycles. The van der Waals surface area contributed by atoms with Gasteiger partial charge in [0.2, 0.25) is 0 Å². The third-order valence-corrected chi connectivity index (χ3v) is 1.30. The van der Waals surface area contributed by atoms with E-state index < -0.39 is 6.04 Å². The quantitative estimate of drug-likeness (QED) is 0.627. The van der Waals surface area contributed by atoms with Gasteiger partial charge in [0, 0.05) is 0 Å². The largest absolute Gasteiger partial charge is 0.376 e. The zero-order chi connectivity index (χ0) is 7.98. The van der Waals surface area contributed by atoms with Crippen molar-refractivity contribution < 1.29 is 4.74 Å². The third-order valence-electron chi connectivity index (χ3n) is 1.30. The van der Waals surface area contributed by atoms with E-state index in [2.05, 4.69) is 0 Å². The second-order valence-corrected chi connectivity index (χ2v) is 2.29. The number of hydrogen-bond donors (Lipinski definition) is 1. The van der Waals surface area contributed by atoms with Gasteiger partial charge in [0.25, 0.3) is 0 Å². The number of rotatable bonds is 4. The van der Waals surface area contributed by atoms with E-state index in [0.29, 0.717) is 6.61 Å². The molecule has 2 N–H and O–H groups in total. The van der Waals surface area contributed by atoms with Crippen molar-refractivity contribution in [2.24, 2.45) is 5.73 Å². The van der Waals surface area contributed by atoms with Crippen molar-refractivity contribution in [1.82, 2.24) is 0 Å². The molecular weight excluding hydrogens is 128 g/mol. The van der Waals surface area contributed by atoms with Crippen LogP contribution in [-0.4, -0.2) is 18.8 Å². The SMILES string of the molecule is CCC(C)OCC(N)C#N. The van der Waals surface area contributed by atoms with Crippen LogP contribution in [-0.2, 0) is 4.74 Å². The zero-order valence-corrected chi connectivity index (χ0v) is 6.50. The monoisotopic (exact) mass is 142 g/mol. The number of nitrogens with two attached hydrogens (primary N) is 1. The van der Waals surface area contributed by atoms with E-state index >= 15 is 0 Å². The Balaban J connectivity index is 3.28. The summed E-state index contributed by atoms with van der Waals surface area (Å²) in [6, 6.07) is 1.42. The summed E-state index contributed by atoms with van der Waals surface area (Å²) in [6.45, 7) is 4.33. The van der Waals surface area contributed by atoms with Crippen LogP contribution in [0, 0.1) is 11.3 Å². The van der Waals surface area contributed by atoms with Gasteiger partial charge in [-0.2, -0.15) is 5.26 Å². The van der Waals surface area contributed by atoms with Crippen LogP contribution in [0.1, 0.15) is 20.3 Å². The fourth-order valence-corrected chi connectivity index (χ4v) is 0.423. The van der Waals surface area contributed by atoms with Crippen LogP contribution in [0.5, 0.6) is 0 Å². The van der Waals surface area contributed by atoms with Gasteiger partial charge in [0.05, 0.1) is 18.8 Å². The lowest BCUT2D eigenvalue weighted by Gasteiger charge is -2.10. The van der Waals surface area contributed by atoms with Gasteiger partial charge in [-0.15, -0.1) is 0 Å². The third kappa shape index (κ3) is 4.30. The Bertz CT molecular complexity index is 119. The normalized spacial score (nSPS) is 15.8. The molecule has 0 amide bonds. The van der Waals surface area contributed by atoms with Crippen LogP contribution < -0.4 is 5.73 Å². The predicted octanol–water partition coefficient (Wildman–Crippen LogP) is 0.652. The predicted molar refractivity (Wildman–Crippen MR) is 39.3 cm³/mol. The van der Waals surface area contributed by atoms with E-state index in [1.165, 1.54) is 0 Å². The van der Waals surface area contributed by atoms with Crippen LogP contribution in [0.25, 0.3) is 0 Å². The molecule has 2 atom stereocenters. The van der Waals surface area contributed by atoms with E-state index in [-0.39, 0.29) is 6.10 Å². The highest BCUT2D eigenvalue weighted by Gasteiger charge is 2.02. The zero-order valence-electron chi connectivity index (χ0n) is 6.50. The molecule has 0 heterocycles. The molecule has 0 bridgehead atoms. The molecular formula is C7H14N2O.